The van der Waals surface area contributed by atoms with E-state index in [0.717, 1.165) is 22.3 Å². The van der Waals surface area contributed by atoms with Gasteiger partial charge in [0.15, 0.2) is 0 Å². The van der Waals surface area contributed by atoms with Crippen molar-refractivity contribution in [1.82, 2.24) is 10.2 Å². The maximum Gasteiger partial charge on any atom is 0.318 e. The number of urea groups is 1. The zero-order valence-electron chi connectivity index (χ0n) is 14.1. The monoisotopic (exact) mass is 330 g/mol. The Balaban J connectivity index is 1.72. The van der Waals surface area contributed by atoms with Gasteiger partial charge in [0.1, 0.15) is 11.3 Å². The predicted molar refractivity (Wildman–Crippen MR) is 89.8 cm³/mol. The number of fused-ring (bicyclic) bond motifs is 1. The zero-order chi connectivity index (χ0) is 17.5. The quantitative estimate of drug-likeness (QED) is 0.904. The number of carboxylic acid groups (broad SMARTS) is 1. The molecular weight excluding hydrogens is 308 g/mol. The molecule has 1 aliphatic heterocycles. The first-order valence-electron chi connectivity index (χ1n) is 8.09. The van der Waals surface area contributed by atoms with E-state index >= 15 is 0 Å². The predicted octanol–water partition coefficient (Wildman–Crippen LogP) is 3.31. The number of rotatable bonds is 3. The van der Waals surface area contributed by atoms with Crippen molar-refractivity contribution in [3.05, 3.63) is 35.6 Å². The van der Waals surface area contributed by atoms with Gasteiger partial charge >= 0.3 is 12.0 Å². The molecule has 0 spiro atoms. The maximum atomic E-state index is 12.4. The minimum atomic E-state index is -0.865. The van der Waals surface area contributed by atoms with Gasteiger partial charge in [-0.1, -0.05) is 18.2 Å². The molecule has 1 aromatic heterocycles. The second kappa shape index (κ2) is 5.85. The number of aliphatic carboxylic acids is 1. The Labute approximate surface area is 140 Å². The highest BCUT2D eigenvalue weighted by Crippen LogP contribution is 2.32. The smallest absolute Gasteiger partial charge is 0.318 e. The lowest BCUT2D eigenvalue weighted by Gasteiger charge is -2.22. The lowest BCUT2D eigenvalue weighted by atomic mass is 9.90. The maximum absolute atomic E-state index is 12.4. The molecule has 128 valence electrons. The molecule has 1 aliphatic rings. The van der Waals surface area contributed by atoms with Crippen molar-refractivity contribution in [2.75, 3.05) is 13.1 Å². The lowest BCUT2D eigenvalue weighted by molar-refractivity contribution is -0.147. The van der Waals surface area contributed by atoms with Crippen molar-refractivity contribution in [3.8, 4) is 0 Å². The Bertz CT molecular complexity index is 797. The number of carbonyl (C=O) groups is 2. The Morgan fingerprint density at radius 1 is 1.38 bits per heavy atom. The number of nitrogens with one attached hydrogen (secondary N) is 1. The molecule has 3 rings (SSSR count). The van der Waals surface area contributed by atoms with Crippen molar-refractivity contribution in [1.29, 1.82) is 0 Å². The molecule has 2 heterocycles. The molecule has 0 saturated carbocycles. The number of para-hydroxylation sites is 1. The first-order chi connectivity index (χ1) is 11.3. The minimum absolute atomic E-state index is 0.222. The largest absolute Gasteiger partial charge is 0.481 e. The van der Waals surface area contributed by atoms with Crippen molar-refractivity contribution < 1.29 is 19.1 Å². The fourth-order valence-corrected chi connectivity index (χ4v) is 3.26. The second-order valence-corrected chi connectivity index (χ2v) is 6.80. The molecule has 2 aromatic rings. The average molecular weight is 330 g/mol. The Kier molecular flexibility index (Phi) is 3.99. The van der Waals surface area contributed by atoms with Crippen molar-refractivity contribution in [3.63, 3.8) is 0 Å². The minimum Gasteiger partial charge on any atom is -0.481 e. The standard InChI is InChI=1S/C18H22N2O4/c1-11-13-6-4-5-7-14(13)24-15(11)12(2)19-17(23)20-9-8-18(3,10-20)16(21)22/h4-7,12H,8-10H2,1-3H3,(H,19,23)(H,21,22). The van der Waals surface area contributed by atoms with Crippen LogP contribution in [0.3, 0.4) is 0 Å². The van der Waals surface area contributed by atoms with Gasteiger partial charge in [-0.05, 0) is 33.3 Å². The lowest BCUT2D eigenvalue weighted by Crippen LogP contribution is -2.41. The Hall–Kier alpha value is -2.50. The number of likely N-dealkylation sites (tertiary alicyclic amines) is 1. The zero-order valence-corrected chi connectivity index (χ0v) is 14.1. The van der Waals surface area contributed by atoms with E-state index in [1.54, 1.807) is 11.8 Å². The van der Waals surface area contributed by atoms with Gasteiger partial charge in [-0.2, -0.15) is 0 Å². The summed E-state index contributed by atoms with van der Waals surface area (Å²) in [6, 6.07) is 7.21. The van der Waals surface area contributed by atoms with Crippen LogP contribution in [-0.2, 0) is 4.79 Å². The first-order valence-corrected chi connectivity index (χ1v) is 8.09. The highest BCUT2D eigenvalue weighted by molar-refractivity contribution is 5.83. The number of nitrogens with zero attached hydrogens (tertiary/aromatic N) is 1. The molecule has 6 nitrogen and oxygen atoms in total. The molecular formula is C18H22N2O4. The van der Waals surface area contributed by atoms with E-state index in [9.17, 15) is 14.7 Å². The van der Waals surface area contributed by atoms with E-state index in [2.05, 4.69) is 5.32 Å². The number of amides is 2. The van der Waals surface area contributed by atoms with Gasteiger partial charge in [0.05, 0.1) is 11.5 Å². The van der Waals surface area contributed by atoms with Crippen LogP contribution < -0.4 is 5.32 Å². The van der Waals surface area contributed by atoms with Crippen molar-refractivity contribution in [2.45, 2.75) is 33.2 Å². The number of benzene rings is 1. The fraction of sp³-hybridized carbons (Fsp3) is 0.444. The first kappa shape index (κ1) is 16.4. The molecule has 24 heavy (non-hydrogen) atoms. The summed E-state index contributed by atoms with van der Waals surface area (Å²) < 4.78 is 5.88. The average Bonchev–Trinajstić information content (AvgIpc) is 3.10. The summed E-state index contributed by atoms with van der Waals surface area (Å²) in [4.78, 5) is 25.3. The summed E-state index contributed by atoms with van der Waals surface area (Å²) in [7, 11) is 0. The number of carboxylic acids is 1. The van der Waals surface area contributed by atoms with Crippen LogP contribution in [-0.4, -0.2) is 35.1 Å². The van der Waals surface area contributed by atoms with Crippen LogP contribution in [0.4, 0.5) is 4.79 Å². The van der Waals surface area contributed by atoms with Crippen LogP contribution in [0.2, 0.25) is 0 Å². The molecule has 0 bridgehead atoms. The van der Waals surface area contributed by atoms with Crippen molar-refractivity contribution >= 4 is 23.0 Å². The third-order valence-electron chi connectivity index (χ3n) is 4.89. The van der Waals surface area contributed by atoms with Gasteiger partial charge in [-0.15, -0.1) is 0 Å². The van der Waals surface area contributed by atoms with E-state index in [4.69, 9.17) is 4.42 Å². The van der Waals surface area contributed by atoms with Gasteiger partial charge in [0.2, 0.25) is 0 Å². The van der Waals surface area contributed by atoms with Crippen LogP contribution in [0.1, 0.15) is 37.6 Å². The van der Waals surface area contributed by atoms with Crippen LogP contribution in [0.5, 0.6) is 0 Å². The van der Waals surface area contributed by atoms with Crippen LogP contribution in [0.25, 0.3) is 11.0 Å². The highest BCUT2D eigenvalue weighted by atomic mass is 16.4. The summed E-state index contributed by atoms with van der Waals surface area (Å²) in [5.74, 6) is -0.135. The van der Waals surface area contributed by atoms with E-state index in [1.165, 1.54) is 0 Å². The third kappa shape index (κ3) is 2.72. The fourth-order valence-electron chi connectivity index (χ4n) is 3.26. The molecule has 1 fully saturated rings. The number of aryl methyl sites for hydroxylation is 1. The van der Waals surface area contributed by atoms with Crippen LogP contribution >= 0.6 is 0 Å². The number of hydrogen-bond acceptors (Lipinski definition) is 3. The van der Waals surface area contributed by atoms with Crippen molar-refractivity contribution in [2.24, 2.45) is 5.41 Å². The van der Waals surface area contributed by atoms with Gasteiger partial charge < -0.3 is 19.7 Å². The van der Waals surface area contributed by atoms with Crippen LogP contribution in [0, 0.1) is 12.3 Å². The molecule has 0 aliphatic carbocycles. The number of furan rings is 1. The topological polar surface area (TPSA) is 82.8 Å². The van der Waals surface area contributed by atoms with E-state index in [1.807, 2.05) is 38.1 Å². The molecule has 2 amide bonds. The highest BCUT2D eigenvalue weighted by Gasteiger charge is 2.42. The van der Waals surface area contributed by atoms with E-state index < -0.39 is 11.4 Å². The normalized spacial score (nSPS) is 21.9. The Morgan fingerprint density at radius 3 is 2.71 bits per heavy atom. The van der Waals surface area contributed by atoms with Gasteiger partial charge in [-0.25, -0.2) is 4.79 Å². The summed E-state index contributed by atoms with van der Waals surface area (Å²) >= 11 is 0. The molecule has 2 N–H and O–H groups in total. The third-order valence-corrected chi connectivity index (χ3v) is 4.89. The molecule has 6 heteroatoms. The van der Waals surface area contributed by atoms with Gasteiger partial charge in [0, 0.05) is 24.0 Å². The molecule has 2 atom stereocenters. The van der Waals surface area contributed by atoms with Gasteiger partial charge in [0.25, 0.3) is 0 Å². The second-order valence-electron chi connectivity index (χ2n) is 6.80. The Morgan fingerprint density at radius 2 is 2.08 bits per heavy atom. The van der Waals surface area contributed by atoms with E-state index in [-0.39, 0.29) is 18.6 Å². The number of carbonyl (C=O) groups excluding carboxylic acids is 1. The summed E-state index contributed by atoms with van der Waals surface area (Å²) in [6.07, 6.45) is 0.466. The number of hydrogen-bond donors (Lipinski definition) is 2. The summed E-state index contributed by atoms with van der Waals surface area (Å²) in [5.41, 5.74) is 0.941. The van der Waals surface area contributed by atoms with Gasteiger partial charge in [-0.3, -0.25) is 4.79 Å². The molecule has 1 saturated heterocycles. The molecule has 2 unspecified atom stereocenters. The SMILES string of the molecule is Cc1c(C(C)NC(=O)N2CCC(C)(C(=O)O)C2)oc2ccccc12. The molecule has 0 radical (unpaired) electrons. The van der Waals surface area contributed by atoms with Crippen LogP contribution in [0.15, 0.2) is 28.7 Å². The molecule has 1 aromatic carbocycles. The van der Waals surface area contributed by atoms with E-state index in [0.29, 0.717) is 13.0 Å². The summed E-state index contributed by atoms with van der Waals surface area (Å²) in [6.45, 7) is 6.19. The summed E-state index contributed by atoms with van der Waals surface area (Å²) in [5, 5.41) is 13.2.